The smallest absolute Gasteiger partial charge is 0.191 e. The van der Waals surface area contributed by atoms with Gasteiger partial charge in [-0.15, -0.1) is 17.8 Å². The van der Waals surface area contributed by atoms with Crippen molar-refractivity contribution in [1.29, 1.82) is 0 Å². The molecular formula is C15H22N4S. The van der Waals surface area contributed by atoms with E-state index in [9.17, 15) is 0 Å². The maximum atomic E-state index is 5.26. The van der Waals surface area contributed by atoms with E-state index >= 15 is 0 Å². The first-order valence-electron chi connectivity index (χ1n) is 7.00. The predicted molar refractivity (Wildman–Crippen MR) is 86.1 cm³/mol. The largest absolute Gasteiger partial charge is 0.354 e. The molecule has 1 aromatic heterocycles. The molecule has 0 amide bonds. The van der Waals surface area contributed by atoms with Crippen LogP contribution < -0.4 is 10.6 Å². The van der Waals surface area contributed by atoms with Gasteiger partial charge in [-0.25, -0.2) is 0 Å². The van der Waals surface area contributed by atoms with Crippen LogP contribution in [-0.2, 0) is 0 Å². The maximum Gasteiger partial charge on any atom is 0.191 e. The molecule has 4 nitrogen and oxygen atoms in total. The van der Waals surface area contributed by atoms with Crippen LogP contribution >= 0.6 is 11.3 Å². The molecule has 1 aliphatic heterocycles. The zero-order chi connectivity index (χ0) is 14.2. The molecule has 20 heavy (non-hydrogen) atoms. The molecule has 1 aliphatic rings. The summed E-state index contributed by atoms with van der Waals surface area (Å²) < 4.78 is 0. The van der Waals surface area contributed by atoms with Gasteiger partial charge < -0.3 is 10.6 Å². The van der Waals surface area contributed by atoms with E-state index in [4.69, 9.17) is 6.42 Å². The number of thiophene rings is 1. The Labute approximate surface area is 125 Å². The van der Waals surface area contributed by atoms with Crippen molar-refractivity contribution in [2.24, 2.45) is 4.99 Å². The normalized spacial score (nSPS) is 17.7. The lowest BCUT2D eigenvalue weighted by atomic mass is 10.2. The molecule has 0 saturated carbocycles. The van der Waals surface area contributed by atoms with Crippen LogP contribution in [0.15, 0.2) is 22.5 Å². The monoisotopic (exact) mass is 290 g/mol. The minimum atomic E-state index is 0.418. The van der Waals surface area contributed by atoms with E-state index < -0.39 is 0 Å². The molecule has 1 aromatic rings. The highest BCUT2D eigenvalue weighted by Gasteiger charge is 2.24. The number of nitrogens with zero attached hydrogens (tertiary/aromatic N) is 2. The van der Waals surface area contributed by atoms with E-state index in [0.717, 1.165) is 12.5 Å². The molecule has 108 valence electrons. The van der Waals surface area contributed by atoms with Gasteiger partial charge in [0.2, 0.25) is 0 Å². The van der Waals surface area contributed by atoms with Gasteiger partial charge in [0.15, 0.2) is 5.96 Å². The molecule has 1 fully saturated rings. The second kappa shape index (κ2) is 7.93. The number of rotatable bonds is 5. The lowest BCUT2D eigenvalue weighted by molar-refractivity contribution is 0.249. The van der Waals surface area contributed by atoms with E-state index in [1.165, 1.54) is 30.8 Å². The molecule has 2 rings (SSSR count). The van der Waals surface area contributed by atoms with Crippen LogP contribution in [0.2, 0.25) is 0 Å². The van der Waals surface area contributed by atoms with E-state index in [1.807, 2.05) is 11.3 Å². The van der Waals surface area contributed by atoms with Crippen LogP contribution in [0.4, 0.5) is 0 Å². The Balaban J connectivity index is 1.96. The summed E-state index contributed by atoms with van der Waals surface area (Å²) in [5, 5.41) is 8.62. The Kier molecular flexibility index (Phi) is 5.90. The van der Waals surface area contributed by atoms with Crippen molar-refractivity contribution in [3.8, 4) is 12.3 Å². The molecular weight excluding hydrogens is 268 g/mol. The molecule has 0 spiro atoms. The van der Waals surface area contributed by atoms with Crippen molar-refractivity contribution in [3.05, 3.63) is 22.4 Å². The molecule has 1 unspecified atom stereocenters. The third-order valence-corrected chi connectivity index (χ3v) is 4.47. The van der Waals surface area contributed by atoms with Gasteiger partial charge in [0.05, 0.1) is 12.6 Å². The molecule has 1 saturated heterocycles. The predicted octanol–water partition coefficient (Wildman–Crippen LogP) is 1.68. The summed E-state index contributed by atoms with van der Waals surface area (Å²) >= 11 is 1.82. The van der Waals surface area contributed by atoms with E-state index in [-0.39, 0.29) is 0 Å². The van der Waals surface area contributed by atoms with E-state index in [2.05, 4.69) is 44.0 Å². The lowest BCUT2D eigenvalue weighted by Crippen LogP contribution is -2.42. The molecule has 0 bridgehead atoms. The van der Waals surface area contributed by atoms with Crippen LogP contribution in [0, 0.1) is 12.3 Å². The van der Waals surface area contributed by atoms with Crippen LogP contribution in [0.1, 0.15) is 23.8 Å². The van der Waals surface area contributed by atoms with Gasteiger partial charge in [-0.1, -0.05) is 12.0 Å². The number of hydrogen-bond acceptors (Lipinski definition) is 3. The molecule has 0 radical (unpaired) electrons. The number of likely N-dealkylation sites (tertiary alicyclic amines) is 1. The Morgan fingerprint density at radius 2 is 2.30 bits per heavy atom. The number of nitrogens with one attached hydrogen (secondary N) is 2. The molecule has 2 heterocycles. The second-order valence-corrected chi connectivity index (χ2v) is 5.76. The van der Waals surface area contributed by atoms with E-state index in [0.29, 0.717) is 12.6 Å². The fraction of sp³-hybridized carbons (Fsp3) is 0.533. The molecule has 5 heteroatoms. The van der Waals surface area contributed by atoms with Gasteiger partial charge in [0.25, 0.3) is 0 Å². The SMILES string of the molecule is C#CCNC(=NC)NCC(c1cccs1)N1CCCC1. The first kappa shape index (κ1) is 14.9. The Morgan fingerprint density at radius 1 is 1.50 bits per heavy atom. The fourth-order valence-corrected chi connectivity index (χ4v) is 3.35. The van der Waals surface area contributed by atoms with Crippen LogP contribution in [0.5, 0.6) is 0 Å². The van der Waals surface area contributed by atoms with Crippen LogP contribution in [0.3, 0.4) is 0 Å². The third-order valence-electron chi connectivity index (χ3n) is 3.50. The summed E-state index contributed by atoms with van der Waals surface area (Å²) in [6.07, 6.45) is 7.86. The van der Waals surface area contributed by atoms with Crippen molar-refractivity contribution in [1.82, 2.24) is 15.5 Å². The summed E-state index contributed by atoms with van der Waals surface area (Å²) in [6, 6.07) is 4.75. The summed E-state index contributed by atoms with van der Waals surface area (Å²) in [6.45, 7) is 3.71. The zero-order valence-corrected chi connectivity index (χ0v) is 12.7. The summed E-state index contributed by atoms with van der Waals surface area (Å²) in [7, 11) is 1.77. The minimum absolute atomic E-state index is 0.418. The summed E-state index contributed by atoms with van der Waals surface area (Å²) in [5.41, 5.74) is 0. The first-order chi connectivity index (χ1) is 9.85. The van der Waals surface area contributed by atoms with Crippen molar-refractivity contribution in [2.75, 3.05) is 33.2 Å². The molecule has 0 aromatic carbocycles. The highest BCUT2D eigenvalue weighted by Crippen LogP contribution is 2.27. The molecule has 2 N–H and O–H groups in total. The van der Waals surface area contributed by atoms with Gasteiger partial charge >= 0.3 is 0 Å². The van der Waals surface area contributed by atoms with Crippen molar-refractivity contribution < 1.29 is 0 Å². The van der Waals surface area contributed by atoms with Crippen molar-refractivity contribution in [3.63, 3.8) is 0 Å². The average Bonchev–Trinajstić information content (AvgIpc) is 3.16. The van der Waals surface area contributed by atoms with Gasteiger partial charge in [-0.05, 0) is 37.4 Å². The fourth-order valence-electron chi connectivity index (χ4n) is 2.49. The Bertz CT molecular complexity index is 455. The van der Waals surface area contributed by atoms with Crippen LogP contribution in [-0.4, -0.2) is 44.1 Å². The van der Waals surface area contributed by atoms with Crippen molar-refractivity contribution in [2.45, 2.75) is 18.9 Å². The molecule has 0 aliphatic carbocycles. The quantitative estimate of drug-likeness (QED) is 0.492. The summed E-state index contributed by atoms with van der Waals surface area (Å²) in [5.74, 6) is 3.33. The highest BCUT2D eigenvalue weighted by atomic mass is 32.1. The number of aliphatic imine (C=N–C) groups is 1. The maximum absolute atomic E-state index is 5.26. The average molecular weight is 290 g/mol. The number of guanidine groups is 1. The second-order valence-electron chi connectivity index (χ2n) is 4.79. The Hall–Kier alpha value is -1.51. The van der Waals surface area contributed by atoms with Gasteiger partial charge in [-0.2, -0.15) is 0 Å². The third kappa shape index (κ3) is 3.99. The number of terminal acetylenes is 1. The van der Waals surface area contributed by atoms with Crippen molar-refractivity contribution >= 4 is 17.3 Å². The highest BCUT2D eigenvalue weighted by molar-refractivity contribution is 7.10. The first-order valence-corrected chi connectivity index (χ1v) is 7.88. The number of hydrogen-bond donors (Lipinski definition) is 2. The Morgan fingerprint density at radius 3 is 2.90 bits per heavy atom. The van der Waals surface area contributed by atoms with Gasteiger partial charge in [-0.3, -0.25) is 9.89 Å². The topological polar surface area (TPSA) is 39.7 Å². The summed E-state index contributed by atoms with van der Waals surface area (Å²) in [4.78, 5) is 8.15. The minimum Gasteiger partial charge on any atom is -0.354 e. The van der Waals surface area contributed by atoms with Gasteiger partial charge in [0.1, 0.15) is 0 Å². The van der Waals surface area contributed by atoms with E-state index in [1.54, 1.807) is 7.05 Å². The van der Waals surface area contributed by atoms with Gasteiger partial charge in [0, 0.05) is 18.5 Å². The lowest BCUT2D eigenvalue weighted by Gasteiger charge is -2.27. The zero-order valence-electron chi connectivity index (χ0n) is 11.9. The van der Waals surface area contributed by atoms with Crippen LogP contribution in [0.25, 0.3) is 0 Å². The standard InChI is InChI=1S/C15H22N4S/c1-3-8-17-15(16-2)18-12-13(14-7-6-11-20-14)19-9-4-5-10-19/h1,6-7,11,13H,4-5,8-10,12H2,2H3,(H2,16,17,18). The molecule has 1 atom stereocenters.